The fraction of sp³-hybridized carbons (Fsp3) is 0. The molecule has 0 aliphatic carbocycles. The van der Waals surface area contributed by atoms with E-state index in [1.165, 1.54) is 18.3 Å². The van der Waals surface area contributed by atoms with Gasteiger partial charge in [0.25, 0.3) is 5.91 Å². The Balaban J connectivity index is 2.11. The molecular weight excluding hydrogens is 301 g/mol. The van der Waals surface area contributed by atoms with E-state index in [1.54, 1.807) is 24.5 Å². The van der Waals surface area contributed by atoms with Crippen molar-refractivity contribution in [3.05, 3.63) is 57.8 Å². The van der Waals surface area contributed by atoms with Crippen LogP contribution in [0.2, 0.25) is 10.0 Å². The van der Waals surface area contributed by atoms with E-state index in [0.717, 1.165) is 5.56 Å². The van der Waals surface area contributed by atoms with Gasteiger partial charge in [0.05, 0.1) is 16.8 Å². The molecule has 0 aliphatic rings. The summed E-state index contributed by atoms with van der Waals surface area (Å²) in [6, 6.07) is 6.16. The SMILES string of the molecule is O=C(N/N=C/c1cccnc1)c1cc(Cl)cc(Cl)c1O. The number of halogens is 2. The molecule has 2 rings (SSSR count). The summed E-state index contributed by atoms with van der Waals surface area (Å²) in [5.74, 6) is -0.961. The lowest BCUT2D eigenvalue weighted by Crippen LogP contribution is -2.17. The number of amides is 1. The lowest BCUT2D eigenvalue weighted by atomic mass is 10.2. The minimum Gasteiger partial charge on any atom is -0.506 e. The van der Waals surface area contributed by atoms with Gasteiger partial charge in [-0.15, -0.1) is 0 Å². The predicted molar refractivity (Wildman–Crippen MR) is 77.4 cm³/mol. The second kappa shape index (κ2) is 6.36. The molecule has 5 nitrogen and oxygen atoms in total. The van der Waals surface area contributed by atoms with Crippen molar-refractivity contribution >= 4 is 35.3 Å². The Morgan fingerprint density at radius 3 is 2.90 bits per heavy atom. The highest BCUT2D eigenvalue weighted by Gasteiger charge is 2.14. The van der Waals surface area contributed by atoms with Gasteiger partial charge in [0.1, 0.15) is 5.75 Å². The number of hydrazone groups is 1. The van der Waals surface area contributed by atoms with Gasteiger partial charge in [-0.2, -0.15) is 5.10 Å². The topological polar surface area (TPSA) is 74.6 Å². The molecule has 0 saturated heterocycles. The first kappa shape index (κ1) is 14.3. The number of aromatic hydroxyl groups is 1. The molecule has 1 aromatic heterocycles. The average molecular weight is 310 g/mol. The molecular formula is C13H9Cl2N3O2. The average Bonchev–Trinajstić information content (AvgIpc) is 2.44. The summed E-state index contributed by atoms with van der Waals surface area (Å²) in [6.45, 7) is 0. The molecule has 0 atom stereocenters. The van der Waals surface area contributed by atoms with E-state index in [9.17, 15) is 9.90 Å². The second-order valence-electron chi connectivity index (χ2n) is 3.77. The molecule has 1 aromatic carbocycles. The van der Waals surface area contributed by atoms with Crippen molar-refractivity contribution in [2.45, 2.75) is 0 Å². The van der Waals surface area contributed by atoms with Crippen LogP contribution in [0.1, 0.15) is 15.9 Å². The maximum absolute atomic E-state index is 11.8. The maximum atomic E-state index is 11.8. The van der Waals surface area contributed by atoms with Crippen molar-refractivity contribution in [3.63, 3.8) is 0 Å². The van der Waals surface area contributed by atoms with Crippen LogP contribution in [0, 0.1) is 0 Å². The molecule has 0 radical (unpaired) electrons. The number of hydrogen-bond donors (Lipinski definition) is 2. The summed E-state index contributed by atoms with van der Waals surface area (Å²) in [6.07, 6.45) is 4.64. The fourth-order valence-electron chi connectivity index (χ4n) is 1.42. The molecule has 2 aromatic rings. The first-order chi connectivity index (χ1) is 9.58. The third-order valence-corrected chi connectivity index (χ3v) is 2.84. The van der Waals surface area contributed by atoms with Crippen LogP contribution >= 0.6 is 23.2 Å². The number of pyridine rings is 1. The minimum absolute atomic E-state index is 0.00103. The van der Waals surface area contributed by atoms with Crippen molar-refractivity contribution < 1.29 is 9.90 Å². The molecule has 0 bridgehead atoms. The van der Waals surface area contributed by atoms with E-state index >= 15 is 0 Å². The second-order valence-corrected chi connectivity index (χ2v) is 4.61. The zero-order valence-electron chi connectivity index (χ0n) is 10.0. The Bertz CT molecular complexity index is 660. The van der Waals surface area contributed by atoms with Crippen molar-refractivity contribution in [2.24, 2.45) is 5.10 Å². The van der Waals surface area contributed by atoms with Gasteiger partial charge in [-0.1, -0.05) is 29.3 Å². The lowest BCUT2D eigenvalue weighted by Gasteiger charge is -2.05. The Morgan fingerprint density at radius 2 is 2.20 bits per heavy atom. The Kier molecular flexibility index (Phi) is 4.55. The van der Waals surface area contributed by atoms with Crippen LogP contribution in [-0.4, -0.2) is 22.2 Å². The largest absolute Gasteiger partial charge is 0.506 e. The molecule has 2 N–H and O–H groups in total. The van der Waals surface area contributed by atoms with E-state index in [2.05, 4.69) is 15.5 Å². The van der Waals surface area contributed by atoms with Gasteiger partial charge in [0.15, 0.2) is 0 Å². The highest BCUT2D eigenvalue weighted by atomic mass is 35.5. The van der Waals surface area contributed by atoms with E-state index in [4.69, 9.17) is 23.2 Å². The van der Waals surface area contributed by atoms with Gasteiger partial charge in [-0.05, 0) is 18.2 Å². The van der Waals surface area contributed by atoms with Gasteiger partial charge in [0.2, 0.25) is 0 Å². The van der Waals surface area contributed by atoms with Crippen LogP contribution in [0.15, 0.2) is 41.8 Å². The number of rotatable bonds is 3. The van der Waals surface area contributed by atoms with Gasteiger partial charge in [0, 0.05) is 23.0 Å². The molecule has 0 fully saturated rings. The molecule has 20 heavy (non-hydrogen) atoms. The molecule has 1 heterocycles. The summed E-state index contributed by atoms with van der Waals surface area (Å²) >= 11 is 11.5. The number of hydrogen-bond acceptors (Lipinski definition) is 4. The van der Waals surface area contributed by atoms with E-state index in [1.807, 2.05) is 0 Å². The molecule has 102 valence electrons. The van der Waals surface area contributed by atoms with Crippen molar-refractivity contribution in [2.75, 3.05) is 0 Å². The summed E-state index contributed by atoms with van der Waals surface area (Å²) in [5, 5.41) is 13.7. The Labute approximate surface area is 124 Å². The van der Waals surface area contributed by atoms with E-state index in [-0.39, 0.29) is 21.4 Å². The number of phenolic OH excluding ortho intramolecular Hbond substituents is 1. The number of phenols is 1. The zero-order chi connectivity index (χ0) is 14.5. The van der Waals surface area contributed by atoms with Crippen LogP contribution in [0.5, 0.6) is 5.75 Å². The number of carbonyl (C=O) groups excluding carboxylic acids is 1. The minimum atomic E-state index is -0.618. The summed E-state index contributed by atoms with van der Waals surface area (Å²) in [4.78, 5) is 15.7. The van der Waals surface area contributed by atoms with Crippen molar-refractivity contribution in [3.8, 4) is 5.75 Å². The molecule has 1 amide bonds. The number of aromatic nitrogens is 1. The molecule has 0 spiro atoms. The Morgan fingerprint density at radius 1 is 1.40 bits per heavy atom. The standard InChI is InChI=1S/C13H9Cl2N3O2/c14-9-4-10(12(19)11(15)5-9)13(20)18-17-7-8-2-1-3-16-6-8/h1-7,19H,(H,18,20)/b17-7+. The highest BCUT2D eigenvalue weighted by Crippen LogP contribution is 2.30. The number of nitrogens with one attached hydrogen (secondary N) is 1. The van der Waals surface area contributed by atoms with Gasteiger partial charge in [-0.25, -0.2) is 5.43 Å². The van der Waals surface area contributed by atoms with Crippen LogP contribution in [0.25, 0.3) is 0 Å². The summed E-state index contributed by atoms with van der Waals surface area (Å²) in [5.41, 5.74) is 2.94. The summed E-state index contributed by atoms with van der Waals surface area (Å²) in [7, 11) is 0. The van der Waals surface area contributed by atoms with Gasteiger partial charge >= 0.3 is 0 Å². The van der Waals surface area contributed by atoms with Crippen LogP contribution in [0.4, 0.5) is 0 Å². The molecule has 0 aliphatic heterocycles. The lowest BCUT2D eigenvalue weighted by molar-refractivity contribution is 0.0952. The number of nitrogens with zero attached hydrogens (tertiary/aromatic N) is 2. The van der Waals surface area contributed by atoms with Gasteiger partial charge < -0.3 is 5.11 Å². The Hall–Kier alpha value is -2.11. The first-order valence-corrected chi connectivity index (χ1v) is 6.25. The zero-order valence-corrected chi connectivity index (χ0v) is 11.6. The normalized spacial score (nSPS) is 10.7. The highest BCUT2D eigenvalue weighted by molar-refractivity contribution is 6.36. The van der Waals surface area contributed by atoms with Crippen molar-refractivity contribution in [1.29, 1.82) is 0 Å². The smallest absolute Gasteiger partial charge is 0.275 e. The molecule has 0 unspecified atom stereocenters. The predicted octanol–water partition coefficient (Wildman–Crippen LogP) is 2.86. The van der Waals surface area contributed by atoms with Crippen molar-refractivity contribution in [1.82, 2.24) is 10.4 Å². The maximum Gasteiger partial charge on any atom is 0.275 e. The summed E-state index contributed by atoms with van der Waals surface area (Å²) < 4.78 is 0. The third kappa shape index (κ3) is 3.46. The monoisotopic (exact) mass is 309 g/mol. The quantitative estimate of drug-likeness (QED) is 0.676. The van der Waals surface area contributed by atoms with Crippen LogP contribution in [0.3, 0.4) is 0 Å². The third-order valence-electron chi connectivity index (χ3n) is 2.34. The molecule has 7 heteroatoms. The first-order valence-electron chi connectivity index (χ1n) is 5.49. The van der Waals surface area contributed by atoms with Gasteiger partial charge in [-0.3, -0.25) is 9.78 Å². The number of carbonyl (C=O) groups is 1. The van der Waals surface area contributed by atoms with E-state index < -0.39 is 5.91 Å². The number of benzene rings is 1. The van der Waals surface area contributed by atoms with E-state index in [0.29, 0.717) is 0 Å². The molecule has 0 saturated carbocycles. The fourth-order valence-corrected chi connectivity index (χ4v) is 1.91. The van der Waals surface area contributed by atoms with Crippen LogP contribution in [-0.2, 0) is 0 Å². The van der Waals surface area contributed by atoms with Crippen LogP contribution < -0.4 is 5.43 Å².